The van der Waals surface area contributed by atoms with Crippen LogP contribution in [0.15, 0.2) is 11.6 Å². The fourth-order valence-electron chi connectivity index (χ4n) is 1.83. The summed E-state index contributed by atoms with van der Waals surface area (Å²) in [7, 11) is 0. The molecule has 0 saturated heterocycles. The number of hydrogen-bond acceptors (Lipinski definition) is 1. The van der Waals surface area contributed by atoms with Gasteiger partial charge in [0.15, 0.2) is 5.78 Å². The van der Waals surface area contributed by atoms with Crippen LogP contribution in [0.4, 0.5) is 0 Å². The van der Waals surface area contributed by atoms with Crippen LogP contribution in [-0.4, -0.2) is 5.78 Å². The van der Waals surface area contributed by atoms with Gasteiger partial charge in [-0.2, -0.15) is 0 Å². The lowest BCUT2D eigenvalue weighted by Gasteiger charge is -2.22. The van der Waals surface area contributed by atoms with Gasteiger partial charge in [-0.05, 0) is 44.1 Å². The minimum Gasteiger partial charge on any atom is -0.295 e. The Kier molecular flexibility index (Phi) is 4.92. The second kappa shape index (κ2) is 6.00. The highest BCUT2D eigenvalue weighted by molar-refractivity contribution is 5.93. The van der Waals surface area contributed by atoms with Crippen molar-refractivity contribution in [2.45, 2.75) is 58.8 Å². The lowest BCUT2D eigenvalue weighted by atomic mass is 9.83. The van der Waals surface area contributed by atoms with E-state index >= 15 is 0 Å². The molecule has 0 aromatic rings. The first-order valence-electron chi connectivity index (χ1n) is 5.95. The zero-order valence-electron chi connectivity index (χ0n) is 9.51. The summed E-state index contributed by atoms with van der Waals surface area (Å²) in [4.78, 5) is 11.3. The van der Waals surface area contributed by atoms with Crippen molar-refractivity contribution in [3.63, 3.8) is 0 Å². The third-order valence-corrected chi connectivity index (χ3v) is 3.09. The number of allylic oxidation sites excluding steroid dienone is 2. The van der Waals surface area contributed by atoms with Gasteiger partial charge in [0.2, 0.25) is 0 Å². The molecule has 0 heterocycles. The SMILES string of the molecule is CCCCC/C(=C\C1CCC1)C(C)=O. The summed E-state index contributed by atoms with van der Waals surface area (Å²) in [5.41, 5.74) is 1.09. The zero-order chi connectivity index (χ0) is 10.4. The van der Waals surface area contributed by atoms with E-state index in [0.29, 0.717) is 0 Å². The van der Waals surface area contributed by atoms with Gasteiger partial charge in [-0.25, -0.2) is 0 Å². The standard InChI is InChI=1S/C13H22O/c1-3-4-5-9-13(11(2)14)10-12-7-6-8-12/h10,12H,3-9H2,1-2H3/b13-10+. The van der Waals surface area contributed by atoms with E-state index in [-0.39, 0.29) is 5.78 Å². The highest BCUT2D eigenvalue weighted by Gasteiger charge is 2.16. The van der Waals surface area contributed by atoms with Crippen molar-refractivity contribution in [2.24, 2.45) is 5.92 Å². The maximum Gasteiger partial charge on any atom is 0.155 e. The molecule has 1 aliphatic carbocycles. The number of carbonyl (C=O) groups excluding carboxylic acids is 1. The van der Waals surface area contributed by atoms with E-state index in [0.717, 1.165) is 17.9 Å². The molecule has 0 atom stereocenters. The van der Waals surface area contributed by atoms with E-state index in [1.54, 1.807) is 6.92 Å². The molecule has 1 heteroatoms. The predicted octanol–water partition coefficient (Wildman–Crippen LogP) is 3.88. The van der Waals surface area contributed by atoms with E-state index < -0.39 is 0 Å². The van der Waals surface area contributed by atoms with E-state index in [1.165, 1.54) is 38.5 Å². The summed E-state index contributed by atoms with van der Waals surface area (Å²) in [6, 6.07) is 0. The number of unbranched alkanes of at least 4 members (excludes halogenated alkanes) is 2. The van der Waals surface area contributed by atoms with Crippen LogP contribution in [-0.2, 0) is 4.79 Å². The monoisotopic (exact) mass is 194 g/mol. The Morgan fingerprint density at radius 3 is 2.50 bits per heavy atom. The van der Waals surface area contributed by atoms with Crippen LogP contribution in [0.5, 0.6) is 0 Å². The van der Waals surface area contributed by atoms with E-state index in [9.17, 15) is 4.79 Å². The first-order valence-corrected chi connectivity index (χ1v) is 5.95. The molecular formula is C13H22O. The van der Waals surface area contributed by atoms with Crippen LogP contribution in [0.25, 0.3) is 0 Å². The minimum atomic E-state index is 0.285. The number of hydrogen-bond donors (Lipinski definition) is 0. The molecule has 0 unspecified atom stereocenters. The van der Waals surface area contributed by atoms with Crippen molar-refractivity contribution < 1.29 is 4.79 Å². The van der Waals surface area contributed by atoms with E-state index in [1.807, 2.05) is 0 Å². The smallest absolute Gasteiger partial charge is 0.155 e. The highest BCUT2D eigenvalue weighted by Crippen LogP contribution is 2.29. The molecule has 1 fully saturated rings. The van der Waals surface area contributed by atoms with Crippen molar-refractivity contribution >= 4 is 5.78 Å². The number of carbonyl (C=O) groups is 1. The molecule has 14 heavy (non-hydrogen) atoms. The normalized spacial score (nSPS) is 18.0. The van der Waals surface area contributed by atoms with Crippen molar-refractivity contribution in [3.05, 3.63) is 11.6 Å². The summed E-state index contributed by atoms with van der Waals surface area (Å²) < 4.78 is 0. The van der Waals surface area contributed by atoms with Crippen molar-refractivity contribution in [1.29, 1.82) is 0 Å². The molecule has 1 nitrogen and oxygen atoms in total. The van der Waals surface area contributed by atoms with Crippen molar-refractivity contribution in [3.8, 4) is 0 Å². The Morgan fingerprint density at radius 1 is 1.36 bits per heavy atom. The molecule has 80 valence electrons. The lowest BCUT2D eigenvalue weighted by Crippen LogP contribution is -2.10. The molecule has 0 aliphatic heterocycles. The Labute approximate surface area is 87.6 Å². The molecule has 0 aromatic heterocycles. The minimum absolute atomic E-state index is 0.285. The Balaban J connectivity index is 2.37. The van der Waals surface area contributed by atoms with Crippen molar-refractivity contribution in [1.82, 2.24) is 0 Å². The van der Waals surface area contributed by atoms with Crippen LogP contribution < -0.4 is 0 Å². The molecular weight excluding hydrogens is 172 g/mol. The summed E-state index contributed by atoms with van der Waals surface area (Å²) in [6.45, 7) is 3.90. The maximum absolute atomic E-state index is 11.3. The predicted molar refractivity (Wildman–Crippen MR) is 60.2 cm³/mol. The third kappa shape index (κ3) is 3.65. The summed E-state index contributed by atoms with van der Waals surface area (Å²) in [5, 5.41) is 0. The Morgan fingerprint density at radius 2 is 2.07 bits per heavy atom. The summed E-state index contributed by atoms with van der Waals surface area (Å²) in [5.74, 6) is 1.00. The number of ketones is 1. The zero-order valence-corrected chi connectivity index (χ0v) is 9.51. The van der Waals surface area contributed by atoms with Gasteiger partial charge in [-0.15, -0.1) is 0 Å². The number of rotatable bonds is 6. The molecule has 0 spiro atoms. The average molecular weight is 194 g/mol. The molecule has 0 amide bonds. The fourth-order valence-corrected chi connectivity index (χ4v) is 1.83. The van der Waals surface area contributed by atoms with Crippen LogP contribution >= 0.6 is 0 Å². The second-order valence-electron chi connectivity index (χ2n) is 4.40. The molecule has 0 N–H and O–H groups in total. The molecule has 0 radical (unpaired) electrons. The third-order valence-electron chi connectivity index (χ3n) is 3.09. The van der Waals surface area contributed by atoms with Gasteiger partial charge in [0.25, 0.3) is 0 Å². The molecule has 1 aliphatic rings. The lowest BCUT2D eigenvalue weighted by molar-refractivity contribution is -0.113. The van der Waals surface area contributed by atoms with Gasteiger partial charge < -0.3 is 0 Å². The van der Waals surface area contributed by atoms with Gasteiger partial charge >= 0.3 is 0 Å². The van der Waals surface area contributed by atoms with E-state index in [2.05, 4.69) is 13.0 Å². The molecule has 1 rings (SSSR count). The van der Waals surface area contributed by atoms with Gasteiger partial charge in [0, 0.05) is 0 Å². The maximum atomic E-state index is 11.3. The topological polar surface area (TPSA) is 17.1 Å². The van der Waals surface area contributed by atoms with Crippen LogP contribution in [0.3, 0.4) is 0 Å². The molecule has 0 bridgehead atoms. The Bertz CT molecular complexity index is 211. The first kappa shape index (κ1) is 11.5. The summed E-state index contributed by atoms with van der Waals surface area (Å²) >= 11 is 0. The summed E-state index contributed by atoms with van der Waals surface area (Å²) in [6.07, 6.45) is 10.8. The quantitative estimate of drug-likeness (QED) is 0.463. The van der Waals surface area contributed by atoms with Gasteiger partial charge in [0.05, 0.1) is 0 Å². The van der Waals surface area contributed by atoms with Crippen molar-refractivity contribution in [2.75, 3.05) is 0 Å². The van der Waals surface area contributed by atoms with Gasteiger partial charge in [-0.3, -0.25) is 4.79 Å². The largest absolute Gasteiger partial charge is 0.295 e. The van der Waals surface area contributed by atoms with Crippen LogP contribution in [0.1, 0.15) is 58.8 Å². The molecule has 0 aromatic carbocycles. The van der Waals surface area contributed by atoms with E-state index in [4.69, 9.17) is 0 Å². The Hall–Kier alpha value is -0.590. The first-order chi connectivity index (χ1) is 6.74. The van der Waals surface area contributed by atoms with Crippen LogP contribution in [0.2, 0.25) is 0 Å². The van der Waals surface area contributed by atoms with Crippen LogP contribution in [0, 0.1) is 5.92 Å². The second-order valence-corrected chi connectivity index (χ2v) is 4.40. The average Bonchev–Trinajstić information content (AvgIpc) is 2.07. The highest BCUT2D eigenvalue weighted by atomic mass is 16.1. The van der Waals surface area contributed by atoms with Gasteiger partial charge in [0.1, 0.15) is 0 Å². The van der Waals surface area contributed by atoms with Gasteiger partial charge in [-0.1, -0.05) is 32.3 Å². The fraction of sp³-hybridized carbons (Fsp3) is 0.769. The molecule has 1 saturated carbocycles. The number of Topliss-reactive ketones (excluding diaryl/α,β-unsaturated/α-hetero) is 1.